The van der Waals surface area contributed by atoms with E-state index in [1.54, 1.807) is 0 Å². The Bertz CT molecular complexity index is 219. The van der Waals surface area contributed by atoms with Crippen LogP contribution in [0.1, 0.15) is 65.7 Å². The molecule has 3 atom stereocenters. The average Bonchev–Trinajstić information content (AvgIpc) is 2.74. The molecule has 0 aromatic rings. The van der Waals surface area contributed by atoms with Crippen LogP contribution in [0.15, 0.2) is 0 Å². The van der Waals surface area contributed by atoms with E-state index in [0.717, 1.165) is 38.0 Å². The van der Waals surface area contributed by atoms with Gasteiger partial charge in [0.05, 0.1) is 5.60 Å². The fourth-order valence-corrected chi connectivity index (χ4v) is 3.61. The Balaban J connectivity index is 2.86. The molecule has 0 aromatic heterocycles. The second-order valence-electron chi connectivity index (χ2n) is 5.64. The Morgan fingerprint density at radius 2 is 2.06 bits per heavy atom. The first-order valence-electron chi connectivity index (χ1n) is 7.00. The van der Waals surface area contributed by atoms with E-state index >= 15 is 0 Å². The molecule has 1 rings (SSSR count). The van der Waals surface area contributed by atoms with Gasteiger partial charge >= 0.3 is 0 Å². The monoisotopic (exact) mass is 227 g/mol. The molecule has 1 fully saturated rings. The van der Waals surface area contributed by atoms with Gasteiger partial charge in [0.15, 0.2) is 0 Å². The zero-order valence-corrected chi connectivity index (χ0v) is 11.3. The Labute approximate surface area is 101 Å². The molecule has 1 saturated carbocycles. The molecule has 2 nitrogen and oxygen atoms in total. The molecule has 0 radical (unpaired) electrons. The molecule has 0 heterocycles. The summed E-state index contributed by atoms with van der Waals surface area (Å²) in [6, 6.07) is 0. The van der Waals surface area contributed by atoms with Crippen LogP contribution in [0, 0.1) is 11.3 Å². The van der Waals surface area contributed by atoms with Gasteiger partial charge in [-0.3, -0.25) is 0 Å². The summed E-state index contributed by atoms with van der Waals surface area (Å²) in [6.07, 6.45) is 7.51. The molecule has 96 valence electrons. The Kier molecular flexibility index (Phi) is 4.81. The molecule has 0 amide bonds. The van der Waals surface area contributed by atoms with Crippen LogP contribution in [0.3, 0.4) is 0 Å². The van der Waals surface area contributed by atoms with E-state index in [2.05, 4.69) is 20.8 Å². The Morgan fingerprint density at radius 3 is 2.44 bits per heavy atom. The van der Waals surface area contributed by atoms with Crippen LogP contribution in [0.25, 0.3) is 0 Å². The third-order valence-electron chi connectivity index (χ3n) is 4.91. The predicted molar refractivity (Wildman–Crippen MR) is 69.3 cm³/mol. The minimum atomic E-state index is -0.527. The highest BCUT2D eigenvalue weighted by atomic mass is 16.3. The minimum absolute atomic E-state index is 0.00155. The Hall–Kier alpha value is -0.0800. The highest BCUT2D eigenvalue weighted by Crippen LogP contribution is 2.52. The van der Waals surface area contributed by atoms with Crippen molar-refractivity contribution in [3.63, 3.8) is 0 Å². The highest BCUT2D eigenvalue weighted by Gasteiger charge is 2.51. The molecule has 3 N–H and O–H groups in total. The van der Waals surface area contributed by atoms with Gasteiger partial charge in [-0.05, 0) is 38.0 Å². The number of hydrogen-bond acceptors (Lipinski definition) is 2. The number of hydrogen-bond donors (Lipinski definition) is 2. The van der Waals surface area contributed by atoms with Gasteiger partial charge in [-0.2, -0.15) is 0 Å². The molecular formula is C14H29NO. The van der Waals surface area contributed by atoms with Gasteiger partial charge in [0, 0.05) is 12.0 Å². The molecule has 0 spiro atoms. The fraction of sp³-hybridized carbons (Fsp3) is 1.00. The summed E-state index contributed by atoms with van der Waals surface area (Å²) in [5, 5.41) is 10.9. The lowest BCUT2D eigenvalue weighted by Gasteiger charge is -2.45. The minimum Gasteiger partial charge on any atom is -0.389 e. The van der Waals surface area contributed by atoms with Crippen molar-refractivity contribution in [2.24, 2.45) is 17.1 Å². The first-order chi connectivity index (χ1) is 7.57. The third-order valence-corrected chi connectivity index (χ3v) is 4.91. The molecule has 2 heteroatoms. The van der Waals surface area contributed by atoms with Crippen molar-refractivity contribution in [1.29, 1.82) is 0 Å². The molecule has 0 aliphatic heterocycles. The van der Waals surface area contributed by atoms with E-state index < -0.39 is 5.60 Å². The van der Waals surface area contributed by atoms with E-state index in [1.807, 2.05) is 0 Å². The highest BCUT2D eigenvalue weighted by molar-refractivity contribution is 5.03. The van der Waals surface area contributed by atoms with Crippen LogP contribution < -0.4 is 5.73 Å². The van der Waals surface area contributed by atoms with Gasteiger partial charge in [-0.25, -0.2) is 0 Å². The van der Waals surface area contributed by atoms with Gasteiger partial charge in [-0.1, -0.05) is 33.6 Å². The van der Waals surface area contributed by atoms with Crippen LogP contribution in [0.4, 0.5) is 0 Å². The van der Waals surface area contributed by atoms with Crippen LogP contribution in [0.5, 0.6) is 0 Å². The number of aliphatic hydroxyl groups is 1. The van der Waals surface area contributed by atoms with Crippen LogP contribution in [-0.4, -0.2) is 17.3 Å². The second-order valence-corrected chi connectivity index (χ2v) is 5.64. The first kappa shape index (κ1) is 14.0. The lowest BCUT2D eigenvalue weighted by Crippen LogP contribution is -2.51. The van der Waals surface area contributed by atoms with Crippen molar-refractivity contribution in [2.75, 3.05) is 6.54 Å². The van der Waals surface area contributed by atoms with E-state index in [1.165, 1.54) is 12.8 Å². The summed E-state index contributed by atoms with van der Waals surface area (Å²) in [6.45, 7) is 7.15. The third kappa shape index (κ3) is 2.28. The van der Waals surface area contributed by atoms with Gasteiger partial charge < -0.3 is 10.8 Å². The van der Waals surface area contributed by atoms with Crippen molar-refractivity contribution in [1.82, 2.24) is 0 Å². The quantitative estimate of drug-likeness (QED) is 0.732. The molecular weight excluding hydrogens is 198 g/mol. The predicted octanol–water partition coefficient (Wildman–Crippen LogP) is 3.08. The summed E-state index contributed by atoms with van der Waals surface area (Å²) in [5.74, 6) is 0.776. The zero-order valence-electron chi connectivity index (χ0n) is 11.3. The van der Waals surface area contributed by atoms with Gasteiger partial charge in [0.1, 0.15) is 0 Å². The van der Waals surface area contributed by atoms with Crippen molar-refractivity contribution >= 4 is 0 Å². The normalized spacial score (nSPS) is 33.9. The van der Waals surface area contributed by atoms with Gasteiger partial charge in [0.25, 0.3) is 0 Å². The lowest BCUT2D eigenvalue weighted by molar-refractivity contribution is -0.0897. The lowest BCUT2D eigenvalue weighted by atomic mass is 9.66. The summed E-state index contributed by atoms with van der Waals surface area (Å²) >= 11 is 0. The molecule has 0 aromatic carbocycles. The topological polar surface area (TPSA) is 46.2 Å². The molecule has 1 aliphatic carbocycles. The van der Waals surface area contributed by atoms with Crippen LogP contribution in [0.2, 0.25) is 0 Å². The van der Waals surface area contributed by atoms with E-state index in [9.17, 15) is 5.11 Å². The van der Waals surface area contributed by atoms with Crippen molar-refractivity contribution in [3.8, 4) is 0 Å². The second kappa shape index (κ2) is 5.50. The van der Waals surface area contributed by atoms with Crippen LogP contribution >= 0.6 is 0 Å². The zero-order chi connectivity index (χ0) is 12.2. The molecule has 3 unspecified atom stereocenters. The number of rotatable bonds is 6. The van der Waals surface area contributed by atoms with Crippen LogP contribution in [-0.2, 0) is 0 Å². The van der Waals surface area contributed by atoms with Crippen molar-refractivity contribution < 1.29 is 5.11 Å². The molecule has 0 bridgehead atoms. The van der Waals surface area contributed by atoms with Crippen molar-refractivity contribution in [3.05, 3.63) is 0 Å². The fourth-order valence-electron chi connectivity index (χ4n) is 3.61. The van der Waals surface area contributed by atoms with Gasteiger partial charge in [0.2, 0.25) is 0 Å². The van der Waals surface area contributed by atoms with Crippen molar-refractivity contribution in [2.45, 2.75) is 71.3 Å². The first-order valence-corrected chi connectivity index (χ1v) is 7.00. The Morgan fingerprint density at radius 1 is 1.38 bits per heavy atom. The maximum absolute atomic E-state index is 10.9. The summed E-state index contributed by atoms with van der Waals surface area (Å²) in [4.78, 5) is 0. The van der Waals surface area contributed by atoms with E-state index in [0.29, 0.717) is 6.54 Å². The average molecular weight is 227 g/mol. The largest absolute Gasteiger partial charge is 0.389 e. The molecule has 16 heavy (non-hydrogen) atoms. The molecule has 0 saturated heterocycles. The summed E-state index contributed by atoms with van der Waals surface area (Å²) in [7, 11) is 0. The molecule has 1 aliphatic rings. The van der Waals surface area contributed by atoms with E-state index in [4.69, 9.17) is 5.73 Å². The SMILES string of the molecule is CCCC(O)(CC)C1(CN)CCC(CC)C1. The maximum Gasteiger partial charge on any atom is 0.0713 e. The summed E-state index contributed by atoms with van der Waals surface area (Å²) in [5.41, 5.74) is 5.49. The smallest absolute Gasteiger partial charge is 0.0713 e. The van der Waals surface area contributed by atoms with E-state index in [-0.39, 0.29) is 5.41 Å². The maximum atomic E-state index is 10.9. The van der Waals surface area contributed by atoms with Gasteiger partial charge in [-0.15, -0.1) is 0 Å². The summed E-state index contributed by atoms with van der Waals surface area (Å²) < 4.78 is 0. The standard InChI is InChI=1S/C14H29NO/c1-4-8-14(16,6-3)13(11-15)9-7-12(5-2)10-13/h12,16H,4-11,15H2,1-3H3. The number of nitrogens with two attached hydrogens (primary N) is 1.